The first-order chi connectivity index (χ1) is 15.5. The molecule has 0 aliphatic carbocycles. The molecule has 10 heteroatoms. The second-order valence-corrected chi connectivity index (χ2v) is 11.3. The summed E-state index contributed by atoms with van der Waals surface area (Å²) >= 11 is 0. The summed E-state index contributed by atoms with van der Waals surface area (Å²) in [5.41, 5.74) is 0.455. The zero-order valence-electron chi connectivity index (χ0n) is 19.7. The van der Waals surface area contributed by atoms with Crippen LogP contribution in [0.1, 0.15) is 48.5 Å². The Hall–Kier alpha value is -2.72. The molecule has 178 valence electrons. The lowest BCUT2D eigenvalue weighted by Crippen LogP contribution is -2.67. The Kier molecular flexibility index (Phi) is 5.86. The van der Waals surface area contributed by atoms with Gasteiger partial charge in [-0.1, -0.05) is 18.2 Å². The first kappa shape index (κ1) is 23.4. The lowest BCUT2D eigenvalue weighted by atomic mass is 9.67. The summed E-state index contributed by atoms with van der Waals surface area (Å²) < 4.78 is 29.4. The van der Waals surface area contributed by atoms with E-state index >= 15 is 0 Å². The first-order valence-corrected chi connectivity index (χ1v) is 12.6. The number of aryl methyl sites for hydroxylation is 1. The summed E-state index contributed by atoms with van der Waals surface area (Å²) in [6.45, 7) is 4.30. The molecule has 2 aromatic rings. The van der Waals surface area contributed by atoms with Crippen LogP contribution in [0.5, 0.6) is 0 Å². The van der Waals surface area contributed by atoms with Gasteiger partial charge in [0.05, 0.1) is 17.8 Å². The van der Waals surface area contributed by atoms with Gasteiger partial charge in [0, 0.05) is 52.0 Å². The van der Waals surface area contributed by atoms with Crippen molar-refractivity contribution < 1.29 is 18.0 Å². The number of benzene rings is 1. The summed E-state index contributed by atoms with van der Waals surface area (Å²) in [4.78, 5) is 34.6. The summed E-state index contributed by atoms with van der Waals surface area (Å²) in [5.74, 6) is -0.755. The average Bonchev–Trinajstić information content (AvgIpc) is 3.21. The minimum atomic E-state index is -3.76. The standard InChI is InChI=1S/C23H31N5O4S/c1-16(2)28-21(29)18-9-7-6-8-17(18)20(22(30)25(3)4)23(28)10-12-27(13-11-23)33(31,32)19-14-26(5)15-24-19/h6-9,14-16,20H,10-13H2,1-5H3. The van der Waals surface area contributed by atoms with Crippen LogP contribution >= 0.6 is 0 Å². The molecule has 0 saturated carbocycles. The number of carbonyl (C=O) groups is 2. The fourth-order valence-electron chi connectivity index (χ4n) is 5.37. The predicted molar refractivity (Wildman–Crippen MR) is 123 cm³/mol. The van der Waals surface area contributed by atoms with E-state index in [2.05, 4.69) is 4.98 Å². The molecule has 4 rings (SSSR count). The van der Waals surface area contributed by atoms with E-state index < -0.39 is 21.5 Å². The van der Waals surface area contributed by atoms with E-state index in [0.29, 0.717) is 18.4 Å². The highest BCUT2D eigenvalue weighted by molar-refractivity contribution is 7.89. The summed E-state index contributed by atoms with van der Waals surface area (Å²) in [5, 5.41) is 0.00708. The van der Waals surface area contributed by atoms with Gasteiger partial charge in [-0.05, 0) is 38.3 Å². The van der Waals surface area contributed by atoms with Crippen molar-refractivity contribution in [2.75, 3.05) is 27.2 Å². The van der Waals surface area contributed by atoms with Crippen LogP contribution in [0.2, 0.25) is 0 Å². The lowest BCUT2D eigenvalue weighted by Gasteiger charge is -2.56. The number of hydrogen-bond donors (Lipinski definition) is 0. The van der Waals surface area contributed by atoms with E-state index in [-0.39, 0.29) is 36.0 Å². The summed E-state index contributed by atoms with van der Waals surface area (Å²) in [6.07, 6.45) is 3.67. The van der Waals surface area contributed by atoms with Crippen LogP contribution in [0.3, 0.4) is 0 Å². The van der Waals surface area contributed by atoms with Gasteiger partial charge in [-0.3, -0.25) is 9.59 Å². The fraction of sp³-hybridized carbons (Fsp3) is 0.522. The molecule has 1 fully saturated rings. The number of fused-ring (bicyclic) bond motifs is 1. The highest BCUT2D eigenvalue weighted by Crippen LogP contribution is 2.49. The monoisotopic (exact) mass is 473 g/mol. The van der Waals surface area contributed by atoms with Gasteiger partial charge in [0.25, 0.3) is 15.9 Å². The maximum absolute atomic E-state index is 13.6. The van der Waals surface area contributed by atoms with E-state index in [1.54, 1.807) is 36.7 Å². The molecule has 0 radical (unpaired) electrons. The van der Waals surface area contributed by atoms with Crippen LogP contribution < -0.4 is 0 Å². The number of carbonyl (C=O) groups excluding carboxylic acids is 2. The number of rotatable bonds is 4. The van der Waals surface area contributed by atoms with Crippen LogP contribution in [0.15, 0.2) is 41.8 Å². The second kappa shape index (κ2) is 8.25. The van der Waals surface area contributed by atoms with Crippen molar-refractivity contribution >= 4 is 21.8 Å². The third kappa shape index (κ3) is 3.65. The molecule has 1 unspecified atom stereocenters. The third-order valence-corrected chi connectivity index (χ3v) is 8.60. The molecule has 0 N–H and O–H groups in total. The van der Waals surface area contributed by atoms with E-state index in [1.807, 2.05) is 36.9 Å². The van der Waals surface area contributed by atoms with Crippen molar-refractivity contribution in [2.45, 2.75) is 49.2 Å². The van der Waals surface area contributed by atoms with E-state index in [9.17, 15) is 18.0 Å². The Morgan fingerprint density at radius 2 is 1.82 bits per heavy atom. The van der Waals surface area contributed by atoms with Crippen molar-refractivity contribution in [3.05, 3.63) is 47.9 Å². The predicted octanol–water partition coefficient (Wildman–Crippen LogP) is 1.68. The van der Waals surface area contributed by atoms with Crippen LogP contribution in [0.4, 0.5) is 0 Å². The molecule has 1 aromatic carbocycles. The maximum atomic E-state index is 13.6. The average molecular weight is 474 g/mol. The molecule has 1 spiro atoms. The maximum Gasteiger partial charge on any atom is 0.262 e. The van der Waals surface area contributed by atoms with Crippen LogP contribution in [-0.2, 0) is 21.9 Å². The normalized spacial score (nSPS) is 20.8. The smallest absolute Gasteiger partial charge is 0.262 e. The number of amides is 2. The molecular formula is C23H31N5O4S. The highest BCUT2D eigenvalue weighted by Gasteiger charge is 2.57. The highest BCUT2D eigenvalue weighted by atomic mass is 32.2. The van der Waals surface area contributed by atoms with Gasteiger partial charge >= 0.3 is 0 Å². The molecule has 33 heavy (non-hydrogen) atoms. The fourth-order valence-corrected chi connectivity index (χ4v) is 6.78. The molecule has 1 atom stereocenters. The number of likely N-dealkylation sites (N-methyl/N-ethyl adjacent to an activating group) is 1. The number of piperidine rings is 1. The number of nitrogens with zero attached hydrogens (tertiary/aromatic N) is 5. The molecule has 3 heterocycles. The van der Waals surface area contributed by atoms with Crippen molar-refractivity contribution in [1.82, 2.24) is 23.7 Å². The Morgan fingerprint density at radius 1 is 1.18 bits per heavy atom. The van der Waals surface area contributed by atoms with Crippen LogP contribution in [0.25, 0.3) is 0 Å². The van der Waals surface area contributed by atoms with Crippen LogP contribution in [0, 0.1) is 0 Å². The number of imidazole rings is 1. The number of sulfonamides is 1. The van der Waals surface area contributed by atoms with Gasteiger partial charge in [-0.2, -0.15) is 4.31 Å². The molecule has 0 bridgehead atoms. The molecular weight excluding hydrogens is 442 g/mol. The zero-order valence-corrected chi connectivity index (χ0v) is 20.5. The van der Waals surface area contributed by atoms with Crippen molar-refractivity contribution in [3.63, 3.8) is 0 Å². The van der Waals surface area contributed by atoms with E-state index in [1.165, 1.54) is 16.8 Å². The minimum absolute atomic E-state index is 0.00708. The van der Waals surface area contributed by atoms with Crippen molar-refractivity contribution in [3.8, 4) is 0 Å². The van der Waals surface area contributed by atoms with Gasteiger partial charge in [0.15, 0.2) is 5.03 Å². The first-order valence-electron chi connectivity index (χ1n) is 11.1. The molecule has 1 aromatic heterocycles. The van der Waals surface area contributed by atoms with Crippen molar-refractivity contribution in [2.24, 2.45) is 7.05 Å². The molecule has 2 amide bonds. The Balaban J connectivity index is 1.78. The van der Waals surface area contributed by atoms with Gasteiger partial charge in [0.1, 0.15) is 0 Å². The summed E-state index contributed by atoms with van der Waals surface area (Å²) in [6, 6.07) is 7.14. The summed E-state index contributed by atoms with van der Waals surface area (Å²) in [7, 11) is 1.40. The minimum Gasteiger partial charge on any atom is -0.348 e. The molecule has 2 aliphatic heterocycles. The molecule has 2 aliphatic rings. The molecule has 9 nitrogen and oxygen atoms in total. The quantitative estimate of drug-likeness (QED) is 0.673. The Labute approximate surface area is 195 Å². The largest absolute Gasteiger partial charge is 0.348 e. The Morgan fingerprint density at radius 3 is 2.36 bits per heavy atom. The van der Waals surface area contributed by atoms with Crippen LogP contribution in [-0.4, -0.2) is 82.7 Å². The van der Waals surface area contributed by atoms with Crippen molar-refractivity contribution in [1.29, 1.82) is 0 Å². The molecule has 1 saturated heterocycles. The zero-order chi connectivity index (χ0) is 24.1. The SMILES string of the molecule is CC(C)N1C(=O)c2ccccc2C(C(=O)N(C)C)C12CCN(S(=O)(=O)c1cn(C)cn1)CC2. The van der Waals surface area contributed by atoms with Gasteiger partial charge in [-0.25, -0.2) is 13.4 Å². The number of hydrogen-bond acceptors (Lipinski definition) is 5. The topological polar surface area (TPSA) is 95.8 Å². The third-order valence-electron chi connectivity index (χ3n) is 6.82. The lowest BCUT2D eigenvalue weighted by molar-refractivity contribution is -0.136. The second-order valence-electron chi connectivity index (χ2n) is 9.41. The Bertz CT molecular complexity index is 1180. The van der Waals surface area contributed by atoms with E-state index in [4.69, 9.17) is 0 Å². The van der Waals surface area contributed by atoms with E-state index in [0.717, 1.165) is 5.56 Å². The number of aromatic nitrogens is 2. The van der Waals surface area contributed by atoms with Gasteiger partial charge in [-0.15, -0.1) is 0 Å². The van der Waals surface area contributed by atoms with Gasteiger partial charge < -0.3 is 14.4 Å². The van der Waals surface area contributed by atoms with Gasteiger partial charge in [0.2, 0.25) is 5.91 Å².